The van der Waals surface area contributed by atoms with Crippen LogP contribution in [-0.2, 0) is 4.74 Å². The quantitative estimate of drug-likeness (QED) is 0.631. The first-order valence-corrected chi connectivity index (χ1v) is 9.53. The highest BCUT2D eigenvalue weighted by molar-refractivity contribution is 6.35. The molecule has 0 unspecified atom stereocenters. The van der Waals surface area contributed by atoms with Gasteiger partial charge in [0.15, 0.2) is 5.78 Å². The van der Waals surface area contributed by atoms with E-state index >= 15 is 4.39 Å². The van der Waals surface area contributed by atoms with Gasteiger partial charge in [-0.2, -0.15) is 0 Å². The minimum Gasteiger partial charge on any atom is -0.477 e. The summed E-state index contributed by atoms with van der Waals surface area (Å²) in [5, 5.41) is 11.4. The van der Waals surface area contributed by atoms with Gasteiger partial charge in [0.2, 0.25) is 0 Å². The predicted molar refractivity (Wildman–Crippen MR) is 108 cm³/mol. The van der Waals surface area contributed by atoms with Crippen LogP contribution in [0.4, 0.5) is 9.18 Å². The lowest BCUT2D eigenvalue weighted by molar-refractivity contribution is 0.0500. The number of hydrogen-bond donors (Lipinski definition) is 2. The Morgan fingerprint density at radius 3 is 2.40 bits per heavy atom. The van der Waals surface area contributed by atoms with E-state index in [9.17, 15) is 14.4 Å². The number of carbonyl (C=O) groups excluding carboxylic acids is 2. The molecule has 2 N–H and O–H groups in total. The summed E-state index contributed by atoms with van der Waals surface area (Å²) in [5.41, 5.74) is -1.31. The number of nitrogens with one attached hydrogen (secondary N) is 1. The third-order valence-electron chi connectivity index (χ3n) is 4.07. The Kier molecular flexibility index (Phi) is 7.15. The lowest BCUT2D eigenvalue weighted by atomic mass is 9.96. The lowest BCUT2D eigenvalue weighted by Gasteiger charge is -2.24. The molecule has 9 heteroatoms. The van der Waals surface area contributed by atoms with E-state index in [1.807, 2.05) is 0 Å². The maximum absolute atomic E-state index is 15.3. The van der Waals surface area contributed by atoms with Crippen molar-refractivity contribution in [2.45, 2.75) is 45.8 Å². The Bertz CT molecular complexity index is 971. The number of hydrogen-bond acceptors (Lipinski definition) is 5. The zero-order valence-corrected chi connectivity index (χ0v) is 17.7. The topological polar surface area (TPSA) is 106 Å². The number of ether oxygens (including phenoxy) is 1. The van der Waals surface area contributed by atoms with Crippen molar-refractivity contribution >= 4 is 29.4 Å². The van der Waals surface area contributed by atoms with Crippen LogP contribution < -0.4 is 5.32 Å². The molecule has 0 fully saturated rings. The molecule has 0 radical (unpaired) electrons. The number of amides is 1. The van der Waals surface area contributed by atoms with Crippen molar-refractivity contribution in [3.05, 3.63) is 63.7 Å². The monoisotopic (exact) mass is 436 g/mol. The second-order valence-corrected chi connectivity index (χ2v) is 7.91. The molecule has 1 aromatic heterocycles. The van der Waals surface area contributed by atoms with Gasteiger partial charge >= 0.3 is 12.1 Å². The van der Waals surface area contributed by atoms with Gasteiger partial charge in [-0.1, -0.05) is 24.6 Å². The van der Waals surface area contributed by atoms with E-state index in [4.69, 9.17) is 21.4 Å². The van der Waals surface area contributed by atoms with Crippen LogP contribution in [-0.4, -0.2) is 33.5 Å². The van der Waals surface area contributed by atoms with E-state index in [1.54, 1.807) is 27.7 Å². The highest BCUT2D eigenvalue weighted by Gasteiger charge is 2.26. The number of halogens is 2. The summed E-state index contributed by atoms with van der Waals surface area (Å²) in [6, 6.07) is 4.38. The molecule has 0 saturated heterocycles. The number of benzene rings is 1. The molecule has 1 amide bonds. The smallest absolute Gasteiger partial charge is 0.408 e. The van der Waals surface area contributed by atoms with Crippen LogP contribution in [0, 0.1) is 5.82 Å². The largest absolute Gasteiger partial charge is 0.477 e. The predicted octanol–water partition coefficient (Wildman–Crippen LogP) is 4.78. The summed E-state index contributed by atoms with van der Waals surface area (Å²) in [5.74, 6) is -2.88. The molecule has 1 heterocycles. The third kappa shape index (κ3) is 5.54. The van der Waals surface area contributed by atoms with E-state index < -0.39 is 35.3 Å². The molecule has 2 aromatic rings. The summed E-state index contributed by atoms with van der Waals surface area (Å²) in [6.07, 6.45) is 0.662. The zero-order valence-electron chi connectivity index (χ0n) is 17.0. The van der Waals surface area contributed by atoms with Crippen LogP contribution in [0.3, 0.4) is 0 Å². The van der Waals surface area contributed by atoms with Gasteiger partial charge in [-0.05, 0) is 45.4 Å². The first kappa shape index (κ1) is 23.3. The molecule has 0 aliphatic heterocycles. The standard InChI is InChI=1S/C21H22ClFN2O5/c1-5-14(25-20(29)30-21(2,3)4)12-7-8-13(22)16(17(12)23)18(26)11-6-9-15(19(27)28)24-10-11/h6-10,14H,5H2,1-4H3,(H,25,29)(H,27,28)/t14-/m1/s1. The molecule has 0 bridgehead atoms. The fraction of sp³-hybridized carbons (Fsp3) is 0.333. The van der Waals surface area contributed by atoms with E-state index in [0.717, 1.165) is 12.3 Å². The number of pyridine rings is 1. The van der Waals surface area contributed by atoms with Crippen LogP contribution in [0.15, 0.2) is 30.5 Å². The summed E-state index contributed by atoms with van der Waals surface area (Å²) in [6.45, 7) is 6.86. The maximum Gasteiger partial charge on any atom is 0.408 e. The Morgan fingerprint density at radius 2 is 1.90 bits per heavy atom. The summed E-state index contributed by atoms with van der Waals surface area (Å²) in [7, 11) is 0. The van der Waals surface area contributed by atoms with Gasteiger partial charge in [0, 0.05) is 17.3 Å². The Balaban J connectivity index is 2.38. The molecule has 0 aliphatic carbocycles. The Hall–Kier alpha value is -3.00. The average molecular weight is 437 g/mol. The Labute approximate surface area is 178 Å². The van der Waals surface area contributed by atoms with Gasteiger partial charge in [0.25, 0.3) is 0 Å². The normalized spacial score (nSPS) is 12.2. The molecule has 1 aromatic carbocycles. The van der Waals surface area contributed by atoms with Crippen LogP contribution in [0.25, 0.3) is 0 Å². The zero-order chi connectivity index (χ0) is 22.6. The number of aromatic nitrogens is 1. The van der Waals surface area contributed by atoms with Gasteiger partial charge in [-0.15, -0.1) is 0 Å². The van der Waals surface area contributed by atoms with Crippen LogP contribution in [0.5, 0.6) is 0 Å². The average Bonchev–Trinajstić information content (AvgIpc) is 2.65. The van der Waals surface area contributed by atoms with Crippen molar-refractivity contribution in [1.29, 1.82) is 0 Å². The van der Waals surface area contributed by atoms with Gasteiger partial charge in [-0.3, -0.25) is 4.79 Å². The first-order chi connectivity index (χ1) is 13.9. The van der Waals surface area contributed by atoms with Gasteiger partial charge < -0.3 is 15.2 Å². The molecule has 160 valence electrons. The second-order valence-electron chi connectivity index (χ2n) is 7.50. The van der Waals surface area contributed by atoms with E-state index in [0.29, 0.717) is 6.42 Å². The molecule has 30 heavy (non-hydrogen) atoms. The van der Waals surface area contributed by atoms with Crippen LogP contribution in [0.1, 0.15) is 72.1 Å². The van der Waals surface area contributed by atoms with Crippen molar-refractivity contribution in [1.82, 2.24) is 10.3 Å². The third-order valence-corrected chi connectivity index (χ3v) is 4.38. The van der Waals surface area contributed by atoms with E-state index in [-0.39, 0.29) is 27.4 Å². The highest BCUT2D eigenvalue weighted by Crippen LogP contribution is 2.30. The summed E-state index contributed by atoms with van der Waals surface area (Å²) < 4.78 is 20.5. The molecule has 0 aliphatic rings. The number of carbonyl (C=O) groups is 3. The number of rotatable bonds is 6. The molecular formula is C21H22ClFN2O5. The fourth-order valence-electron chi connectivity index (χ4n) is 2.69. The minimum absolute atomic E-state index is 0.0221. The SMILES string of the molecule is CC[C@@H](NC(=O)OC(C)(C)C)c1ccc(Cl)c(C(=O)c2ccc(C(=O)O)nc2)c1F. The number of ketones is 1. The molecule has 0 spiro atoms. The van der Waals surface area contributed by atoms with Crippen LogP contribution in [0.2, 0.25) is 5.02 Å². The second kappa shape index (κ2) is 9.21. The van der Waals surface area contributed by atoms with E-state index in [1.165, 1.54) is 18.2 Å². The van der Waals surface area contributed by atoms with Crippen LogP contribution >= 0.6 is 11.6 Å². The number of aromatic carboxylic acids is 1. The van der Waals surface area contributed by atoms with Gasteiger partial charge in [0.05, 0.1) is 16.6 Å². The van der Waals surface area contributed by atoms with Crippen molar-refractivity contribution < 1.29 is 28.6 Å². The number of nitrogens with zero attached hydrogens (tertiary/aromatic N) is 1. The van der Waals surface area contributed by atoms with Crippen molar-refractivity contribution in [3.8, 4) is 0 Å². The first-order valence-electron chi connectivity index (χ1n) is 9.16. The number of alkyl carbamates (subject to hydrolysis) is 1. The summed E-state index contributed by atoms with van der Waals surface area (Å²) >= 11 is 6.08. The minimum atomic E-state index is -1.25. The molecule has 1 atom stereocenters. The van der Waals surface area contributed by atoms with Gasteiger partial charge in [-0.25, -0.2) is 19.0 Å². The number of carboxylic acids is 1. The van der Waals surface area contributed by atoms with Crippen molar-refractivity contribution in [3.63, 3.8) is 0 Å². The summed E-state index contributed by atoms with van der Waals surface area (Å²) in [4.78, 5) is 39.5. The fourth-order valence-corrected chi connectivity index (χ4v) is 2.93. The van der Waals surface area contributed by atoms with E-state index in [2.05, 4.69) is 10.3 Å². The van der Waals surface area contributed by atoms with Gasteiger partial charge in [0.1, 0.15) is 17.1 Å². The Morgan fingerprint density at radius 1 is 1.23 bits per heavy atom. The number of carboxylic acid groups (broad SMARTS) is 1. The van der Waals surface area contributed by atoms with Crippen molar-refractivity contribution in [2.24, 2.45) is 0 Å². The lowest BCUT2D eigenvalue weighted by Crippen LogP contribution is -2.35. The molecule has 0 saturated carbocycles. The van der Waals surface area contributed by atoms with Crippen molar-refractivity contribution in [2.75, 3.05) is 0 Å². The molecular weight excluding hydrogens is 415 g/mol. The highest BCUT2D eigenvalue weighted by atomic mass is 35.5. The molecule has 2 rings (SSSR count). The molecule has 7 nitrogen and oxygen atoms in total. The maximum atomic E-state index is 15.3.